The molecule has 288 valence electrons. The highest BCUT2D eigenvalue weighted by molar-refractivity contribution is 5.94. The Morgan fingerprint density at radius 3 is 2.57 bits per heavy atom. The van der Waals surface area contributed by atoms with E-state index in [1.54, 1.807) is 7.11 Å². The quantitative estimate of drug-likeness (QED) is 0.169. The standard InChI is InChI=1S/C43H54N4O7/c1-6-39(51)21-26-22-42(38(50)54-5,34-28(13-17-46(23-26)24-39)27-11-8-9-12-31(27)44-34)30-19-29-32(20-33(30)53-4)45(3)36-41(29)15-18-47-16-10-14-40(7-2,35(41)47)37(49)43(36,52)25-48/h8-12,14,19-20,25-26,35-37,44,49,51-52H,6-7,13,15-18,21-24H2,1-5H3/t26?,35?,36?,37-,39+,40-,41?,42+,43+/m1/s1. The fourth-order valence-corrected chi connectivity index (χ4v) is 13.0. The number of nitrogens with zero attached hydrogens (tertiary/aromatic N) is 3. The Morgan fingerprint density at radius 2 is 1.85 bits per heavy atom. The number of hydrogen-bond donors (Lipinski definition) is 4. The number of carbonyl (C=O) groups excluding carboxylic acids is 2. The number of rotatable bonds is 6. The van der Waals surface area contributed by atoms with Gasteiger partial charge in [-0.15, -0.1) is 0 Å². The molecule has 54 heavy (non-hydrogen) atoms. The molecule has 2 aromatic carbocycles. The molecule has 5 aliphatic heterocycles. The lowest BCUT2D eigenvalue weighted by Gasteiger charge is -2.62. The highest BCUT2D eigenvalue weighted by atomic mass is 16.5. The lowest BCUT2D eigenvalue weighted by molar-refractivity contribution is -0.193. The molecular formula is C43H54N4O7. The van der Waals surface area contributed by atoms with Crippen LogP contribution in [0.15, 0.2) is 48.6 Å². The first-order valence-electron chi connectivity index (χ1n) is 19.8. The molecule has 11 nitrogen and oxygen atoms in total. The Morgan fingerprint density at radius 1 is 1.06 bits per heavy atom. The molecule has 1 saturated carbocycles. The molecule has 9 rings (SSSR count). The molecule has 1 aromatic heterocycles. The number of anilines is 1. The number of aromatic nitrogens is 1. The predicted octanol–water partition coefficient (Wildman–Crippen LogP) is 3.45. The smallest absolute Gasteiger partial charge is 0.322 e. The van der Waals surface area contributed by atoms with Crippen molar-refractivity contribution in [2.24, 2.45) is 11.3 Å². The number of esters is 1. The van der Waals surface area contributed by atoms with E-state index in [0.29, 0.717) is 69.2 Å². The van der Waals surface area contributed by atoms with E-state index < -0.39 is 45.6 Å². The van der Waals surface area contributed by atoms with Gasteiger partial charge in [0.15, 0.2) is 11.9 Å². The monoisotopic (exact) mass is 738 g/mol. The summed E-state index contributed by atoms with van der Waals surface area (Å²) in [5, 5.41) is 37.7. The van der Waals surface area contributed by atoms with E-state index in [1.807, 2.05) is 56.1 Å². The maximum Gasteiger partial charge on any atom is 0.322 e. The first kappa shape index (κ1) is 35.9. The summed E-state index contributed by atoms with van der Waals surface area (Å²) in [7, 11) is 4.96. The number of aromatic amines is 1. The number of aliphatic hydroxyl groups excluding tert-OH is 1. The molecule has 6 aliphatic rings. The number of hydrogen-bond acceptors (Lipinski definition) is 10. The first-order valence-corrected chi connectivity index (χ1v) is 19.8. The van der Waals surface area contributed by atoms with Crippen molar-refractivity contribution in [1.82, 2.24) is 14.8 Å². The first-order chi connectivity index (χ1) is 25.9. The zero-order valence-electron chi connectivity index (χ0n) is 32.1. The van der Waals surface area contributed by atoms with Crippen LogP contribution in [-0.2, 0) is 31.6 Å². The van der Waals surface area contributed by atoms with E-state index >= 15 is 4.79 Å². The van der Waals surface area contributed by atoms with Gasteiger partial charge in [0, 0.05) is 84.0 Å². The lowest BCUT2D eigenvalue weighted by atomic mass is 9.48. The van der Waals surface area contributed by atoms with Crippen molar-refractivity contribution in [3.8, 4) is 5.75 Å². The van der Waals surface area contributed by atoms with Crippen molar-refractivity contribution < 1.29 is 34.4 Å². The number of benzene rings is 2. The topological polar surface area (TPSA) is 139 Å². The van der Waals surface area contributed by atoms with Crippen LogP contribution in [0.5, 0.6) is 5.75 Å². The van der Waals surface area contributed by atoms with E-state index in [2.05, 4.69) is 33.0 Å². The fourth-order valence-electron chi connectivity index (χ4n) is 13.0. The van der Waals surface area contributed by atoms with Gasteiger partial charge in [-0.1, -0.05) is 44.2 Å². The summed E-state index contributed by atoms with van der Waals surface area (Å²) in [6.07, 6.45) is 6.72. The summed E-state index contributed by atoms with van der Waals surface area (Å²) < 4.78 is 12.2. The average molecular weight is 739 g/mol. The second-order valence-corrected chi connectivity index (χ2v) is 17.3. The summed E-state index contributed by atoms with van der Waals surface area (Å²) >= 11 is 0. The highest BCUT2D eigenvalue weighted by Gasteiger charge is 2.77. The van der Waals surface area contributed by atoms with Crippen molar-refractivity contribution in [2.45, 2.75) is 92.6 Å². The second kappa shape index (κ2) is 12.1. The molecule has 0 amide bonds. The maximum absolute atomic E-state index is 15.2. The number of fused-ring (bicyclic) bond motifs is 6. The van der Waals surface area contributed by atoms with Crippen LogP contribution in [-0.4, -0.2) is 126 Å². The van der Waals surface area contributed by atoms with Gasteiger partial charge >= 0.3 is 5.97 Å². The van der Waals surface area contributed by atoms with Crippen molar-refractivity contribution in [3.05, 3.63) is 70.9 Å². The second-order valence-electron chi connectivity index (χ2n) is 17.3. The Bertz CT molecular complexity index is 2070. The van der Waals surface area contributed by atoms with Gasteiger partial charge < -0.3 is 34.7 Å². The summed E-state index contributed by atoms with van der Waals surface area (Å²) in [5.74, 6) is 0.0292. The van der Waals surface area contributed by atoms with E-state index in [0.717, 1.165) is 53.0 Å². The van der Waals surface area contributed by atoms with E-state index in [1.165, 1.54) is 7.11 Å². The number of para-hydroxylation sites is 1. The fraction of sp³-hybridized carbons (Fsp3) is 0.581. The zero-order valence-corrected chi connectivity index (χ0v) is 32.1. The number of carbonyl (C=O) groups is 2. The van der Waals surface area contributed by atoms with Crippen LogP contribution < -0.4 is 9.64 Å². The Labute approximate surface area is 316 Å². The summed E-state index contributed by atoms with van der Waals surface area (Å²) in [6, 6.07) is 11.3. The predicted molar refractivity (Wildman–Crippen MR) is 205 cm³/mol. The number of piperidine rings is 1. The zero-order chi connectivity index (χ0) is 38.0. The van der Waals surface area contributed by atoms with Gasteiger partial charge in [0.25, 0.3) is 0 Å². The van der Waals surface area contributed by atoms with Gasteiger partial charge in [-0.05, 0) is 74.2 Å². The van der Waals surface area contributed by atoms with Crippen molar-refractivity contribution in [2.75, 3.05) is 58.9 Å². The molecular weight excluding hydrogens is 684 g/mol. The summed E-state index contributed by atoms with van der Waals surface area (Å²) in [6.45, 7) is 7.54. The molecule has 1 aliphatic carbocycles. The number of nitrogens with one attached hydrogen (secondary N) is 1. The molecule has 2 bridgehead atoms. The molecule has 5 unspecified atom stereocenters. The molecule has 2 saturated heterocycles. The van der Waals surface area contributed by atoms with Crippen LogP contribution in [0, 0.1) is 11.3 Å². The molecule has 6 heterocycles. The Kier molecular flexibility index (Phi) is 8.07. The van der Waals surface area contributed by atoms with Crippen molar-refractivity contribution >= 4 is 28.8 Å². The number of aliphatic hydroxyl groups is 3. The number of likely N-dealkylation sites (N-methyl/N-ethyl adjacent to an activating group) is 1. The molecule has 10 atom stereocenters. The van der Waals surface area contributed by atoms with Crippen molar-refractivity contribution in [3.63, 3.8) is 0 Å². The molecule has 3 fully saturated rings. The van der Waals surface area contributed by atoms with Gasteiger partial charge in [0.1, 0.15) is 17.3 Å². The summed E-state index contributed by atoms with van der Waals surface area (Å²) in [4.78, 5) is 38.9. The van der Waals surface area contributed by atoms with Gasteiger partial charge in [-0.3, -0.25) is 19.4 Å². The third-order valence-electron chi connectivity index (χ3n) is 15.1. The minimum absolute atomic E-state index is 0.0603. The van der Waals surface area contributed by atoms with Crippen LogP contribution in [0.1, 0.15) is 68.3 Å². The molecule has 4 N–H and O–H groups in total. The Hall–Kier alpha value is -3.74. The van der Waals surface area contributed by atoms with Crippen molar-refractivity contribution in [1.29, 1.82) is 0 Å². The normalized spacial score (nSPS) is 39.5. The van der Waals surface area contributed by atoms with E-state index in [-0.39, 0.29) is 12.0 Å². The SMILES string of the molecule is CC[C@]1(O)CC2CN(CCc3c([nH]c4ccccc34)[C@@](C(=O)OC)(c3cc4c(cc3OC)N(C)C3C45CCN4CC=C[C@](CC)(C45)[C@@H](O)[C@]3(O)C=O)C2)C1. The lowest BCUT2D eigenvalue weighted by Crippen LogP contribution is -2.79. The van der Waals surface area contributed by atoms with Gasteiger partial charge in [0.05, 0.1) is 25.9 Å². The van der Waals surface area contributed by atoms with Gasteiger partial charge in [-0.25, -0.2) is 0 Å². The van der Waals surface area contributed by atoms with Crippen LogP contribution in [0.3, 0.4) is 0 Å². The largest absolute Gasteiger partial charge is 0.496 e. The van der Waals surface area contributed by atoms with E-state index in [9.17, 15) is 20.1 Å². The molecule has 3 aromatic rings. The number of H-pyrrole nitrogens is 1. The van der Waals surface area contributed by atoms with Gasteiger partial charge in [-0.2, -0.15) is 0 Å². The minimum Gasteiger partial charge on any atom is -0.496 e. The maximum atomic E-state index is 15.2. The molecule has 0 radical (unpaired) electrons. The van der Waals surface area contributed by atoms with Crippen LogP contribution in [0.25, 0.3) is 10.9 Å². The number of ether oxygens (including phenoxy) is 2. The Balaban J connectivity index is 1.36. The van der Waals surface area contributed by atoms with Crippen LogP contribution in [0.2, 0.25) is 0 Å². The van der Waals surface area contributed by atoms with Gasteiger partial charge in [0.2, 0.25) is 0 Å². The minimum atomic E-state index is -2.08. The van der Waals surface area contributed by atoms with Crippen LogP contribution in [0.4, 0.5) is 5.69 Å². The average Bonchev–Trinajstić information content (AvgIpc) is 3.85. The van der Waals surface area contributed by atoms with E-state index in [4.69, 9.17) is 9.47 Å². The van der Waals surface area contributed by atoms with Crippen LogP contribution >= 0.6 is 0 Å². The molecule has 1 spiro atoms. The highest BCUT2D eigenvalue weighted by Crippen LogP contribution is 2.67. The molecule has 11 heteroatoms. The third kappa shape index (κ3) is 4.36. The summed E-state index contributed by atoms with van der Waals surface area (Å²) in [5.41, 5.74) is -0.830. The number of methoxy groups -OCH3 is 2. The third-order valence-corrected chi connectivity index (χ3v) is 15.1. The number of aldehydes is 1.